The van der Waals surface area contributed by atoms with Gasteiger partial charge in [0.05, 0.1) is 0 Å². The van der Waals surface area contributed by atoms with Crippen LogP contribution in [0.5, 0.6) is 0 Å². The minimum absolute atomic E-state index is 0.140. The van der Waals surface area contributed by atoms with Crippen LogP contribution in [0.4, 0.5) is 13.2 Å². The number of aryl methyl sites for hydroxylation is 2. The van der Waals surface area contributed by atoms with E-state index in [1.54, 1.807) is 0 Å². The second kappa shape index (κ2) is 5.78. The van der Waals surface area contributed by atoms with Gasteiger partial charge in [-0.15, -0.1) is 10.2 Å². The van der Waals surface area contributed by atoms with Gasteiger partial charge in [-0.3, -0.25) is 4.79 Å². The third kappa shape index (κ3) is 3.92. The van der Waals surface area contributed by atoms with E-state index in [1.807, 2.05) is 11.5 Å². The van der Waals surface area contributed by atoms with Gasteiger partial charge in [0.1, 0.15) is 24.9 Å². The number of carbonyl (C=O) groups is 1. The first kappa shape index (κ1) is 14.8. The van der Waals surface area contributed by atoms with Crippen molar-refractivity contribution in [3.63, 3.8) is 0 Å². The molecule has 0 radical (unpaired) electrons. The Bertz CT molecular complexity index is 487. The molecule has 1 amide bonds. The van der Waals surface area contributed by atoms with Crippen molar-refractivity contribution in [2.45, 2.75) is 38.5 Å². The summed E-state index contributed by atoms with van der Waals surface area (Å²) in [5.74, 6) is 1.07. The van der Waals surface area contributed by atoms with Gasteiger partial charge in [0.2, 0.25) is 5.91 Å². The van der Waals surface area contributed by atoms with Crippen LogP contribution in [0.1, 0.15) is 18.1 Å². The number of amides is 1. The topological polar surface area (TPSA) is 69.0 Å². The van der Waals surface area contributed by atoms with Crippen molar-refractivity contribution < 1.29 is 22.7 Å². The molecule has 2 rings (SSSR count). The largest absolute Gasteiger partial charge is 0.411 e. The summed E-state index contributed by atoms with van der Waals surface area (Å²) in [5, 5.41) is 10.6. The van der Waals surface area contributed by atoms with Gasteiger partial charge in [-0.05, 0) is 13.3 Å². The van der Waals surface area contributed by atoms with E-state index in [0.29, 0.717) is 19.4 Å². The third-order valence-corrected chi connectivity index (χ3v) is 3.00. The number of halogens is 3. The number of fused-ring (bicyclic) bond motifs is 1. The lowest BCUT2D eigenvalue weighted by Gasteiger charge is -2.24. The quantitative estimate of drug-likeness (QED) is 0.882. The van der Waals surface area contributed by atoms with Crippen LogP contribution < -0.4 is 5.32 Å². The van der Waals surface area contributed by atoms with Crippen molar-refractivity contribution in [1.82, 2.24) is 20.1 Å². The molecule has 1 aliphatic heterocycles. The van der Waals surface area contributed by atoms with E-state index in [9.17, 15) is 18.0 Å². The maximum atomic E-state index is 11.9. The molecule has 0 saturated heterocycles. The summed E-state index contributed by atoms with van der Waals surface area (Å²) in [6.45, 7) is 0.329. The molecule has 9 heteroatoms. The van der Waals surface area contributed by atoms with Crippen LogP contribution in [0.25, 0.3) is 0 Å². The number of ether oxygens (including phenoxy) is 1. The highest BCUT2D eigenvalue weighted by atomic mass is 19.4. The van der Waals surface area contributed by atoms with Gasteiger partial charge in [-0.2, -0.15) is 13.2 Å². The van der Waals surface area contributed by atoms with Gasteiger partial charge in [-0.25, -0.2) is 0 Å². The van der Waals surface area contributed by atoms with Crippen LogP contribution >= 0.6 is 0 Å². The number of hydrogen-bond acceptors (Lipinski definition) is 4. The fourth-order valence-corrected chi connectivity index (χ4v) is 2.11. The molecule has 0 bridgehead atoms. The van der Waals surface area contributed by atoms with E-state index in [4.69, 9.17) is 0 Å². The Morgan fingerprint density at radius 3 is 2.95 bits per heavy atom. The Labute approximate surface area is 113 Å². The molecule has 112 valence electrons. The molecule has 1 atom stereocenters. The molecule has 1 aromatic heterocycles. The van der Waals surface area contributed by atoms with Crippen LogP contribution in [0.2, 0.25) is 0 Å². The van der Waals surface area contributed by atoms with Gasteiger partial charge in [0.25, 0.3) is 0 Å². The van der Waals surface area contributed by atoms with E-state index < -0.39 is 25.3 Å². The Morgan fingerprint density at radius 2 is 2.25 bits per heavy atom. The maximum absolute atomic E-state index is 11.9. The zero-order valence-electron chi connectivity index (χ0n) is 10.9. The molecule has 1 N–H and O–H groups in total. The van der Waals surface area contributed by atoms with Crippen molar-refractivity contribution >= 4 is 5.91 Å². The lowest BCUT2D eigenvalue weighted by atomic mass is 10.1. The van der Waals surface area contributed by atoms with Gasteiger partial charge in [0, 0.05) is 19.0 Å². The highest BCUT2D eigenvalue weighted by Gasteiger charge is 2.28. The second-order valence-electron chi connectivity index (χ2n) is 4.69. The third-order valence-electron chi connectivity index (χ3n) is 3.00. The molecule has 0 aromatic carbocycles. The fourth-order valence-electron chi connectivity index (χ4n) is 2.11. The number of aromatic nitrogens is 3. The average molecular weight is 292 g/mol. The van der Waals surface area contributed by atoms with Gasteiger partial charge in [0.15, 0.2) is 0 Å². The summed E-state index contributed by atoms with van der Waals surface area (Å²) in [6, 6.07) is -0.140. The molecule has 1 aromatic rings. The van der Waals surface area contributed by atoms with Gasteiger partial charge >= 0.3 is 6.18 Å². The monoisotopic (exact) mass is 292 g/mol. The minimum Gasteiger partial charge on any atom is -0.362 e. The lowest BCUT2D eigenvalue weighted by Crippen LogP contribution is -2.43. The van der Waals surface area contributed by atoms with Gasteiger partial charge in [-0.1, -0.05) is 0 Å². The minimum atomic E-state index is -4.42. The van der Waals surface area contributed by atoms with E-state index >= 15 is 0 Å². The van der Waals surface area contributed by atoms with Crippen molar-refractivity contribution in [2.24, 2.45) is 0 Å². The summed E-state index contributed by atoms with van der Waals surface area (Å²) >= 11 is 0. The first-order valence-electron chi connectivity index (χ1n) is 6.17. The van der Waals surface area contributed by atoms with Crippen LogP contribution in [0.3, 0.4) is 0 Å². The van der Waals surface area contributed by atoms with Gasteiger partial charge < -0.3 is 14.6 Å². The number of hydrogen-bond donors (Lipinski definition) is 1. The number of carbonyl (C=O) groups excluding carboxylic acids is 1. The zero-order chi connectivity index (χ0) is 14.8. The van der Waals surface area contributed by atoms with Crippen molar-refractivity contribution in [3.8, 4) is 0 Å². The highest BCUT2D eigenvalue weighted by molar-refractivity contribution is 5.77. The van der Waals surface area contributed by atoms with Crippen LogP contribution in [0, 0.1) is 6.92 Å². The fraction of sp³-hybridized carbons (Fsp3) is 0.727. The van der Waals surface area contributed by atoms with Crippen molar-refractivity contribution in [2.75, 3.05) is 13.2 Å². The van der Waals surface area contributed by atoms with E-state index in [-0.39, 0.29) is 6.04 Å². The summed E-state index contributed by atoms with van der Waals surface area (Å²) in [6.07, 6.45) is -3.06. The van der Waals surface area contributed by atoms with Crippen LogP contribution in [-0.4, -0.2) is 46.1 Å². The predicted octanol–water partition coefficient (Wildman–Crippen LogP) is 0.596. The lowest BCUT2D eigenvalue weighted by molar-refractivity contribution is -0.175. The standard InChI is InChI=1S/C11H15F3N4O2/c1-7-16-17-9-3-2-8(4-18(7)9)15-10(19)5-20-6-11(12,13)14/h8H,2-6H2,1H3,(H,15,19)/t8-/m0/s1. The first-order chi connectivity index (χ1) is 9.35. The van der Waals surface area contributed by atoms with E-state index in [1.165, 1.54) is 0 Å². The molecule has 2 heterocycles. The first-order valence-corrected chi connectivity index (χ1v) is 6.17. The number of nitrogens with one attached hydrogen (secondary N) is 1. The zero-order valence-corrected chi connectivity index (χ0v) is 10.9. The smallest absolute Gasteiger partial charge is 0.362 e. The molecule has 1 aliphatic rings. The van der Waals surface area contributed by atoms with E-state index in [2.05, 4.69) is 20.3 Å². The normalized spacial score (nSPS) is 18.7. The molecule has 0 saturated carbocycles. The molecule has 0 unspecified atom stereocenters. The number of alkyl halides is 3. The molecule has 6 nitrogen and oxygen atoms in total. The molecule has 20 heavy (non-hydrogen) atoms. The van der Waals surface area contributed by atoms with E-state index in [0.717, 1.165) is 11.6 Å². The Hall–Kier alpha value is -1.64. The molecule has 0 aliphatic carbocycles. The highest BCUT2D eigenvalue weighted by Crippen LogP contribution is 2.15. The molecular formula is C11H15F3N4O2. The number of rotatable bonds is 4. The Balaban J connectivity index is 1.77. The SMILES string of the molecule is Cc1nnc2n1C[C@@H](NC(=O)COCC(F)(F)F)CC2. The average Bonchev–Trinajstić information content (AvgIpc) is 2.69. The predicted molar refractivity (Wildman–Crippen MR) is 61.9 cm³/mol. The summed E-state index contributed by atoms with van der Waals surface area (Å²) in [7, 11) is 0. The van der Waals surface area contributed by atoms with Crippen LogP contribution in [-0.2, 0) is 22.5 Å². The Morgan fingerprint density at radius 1 is 1.50 bits per heavy atom. The summed E-state index contributed by atoms with van der Waals surface area (Å²) in [5.41, 5.74) is 0. The molecular weight excluding hydrogens is 277 g/mol. The second-order valence-corrected chi connectivity index (χ2v) is 4.69. The molecule has 0 spiro atoms. The summed E-state index contributed by atoms with van der Waals surface area (Å²) < 4.78 is 41.8. The number of nitrogens with zero attached hydrogens (tertiary/aromatic N) is 3. The molecule has 0 fully saturated rings. The Kier molecular flexibility index (Phi) is 4.26. The van der Waals surface area contributed by atoms with Crippen molar-refractivity contribution in [1.29, 1.82) is 0 Å². The van der Waals surface area contributed by atoms with Crippen LogP contribution in [0.15, 0.2) is 0 Å². The van der Waals surface area contributed by atoms with Crippen molar-refractivity contribution in [3.05, 3.63) is 11.6 Å². The maximum Gasteiger partial charge on any atom is 0.411 e. The summed E-state index contributed by atoms with van der Waals surface area (Å²) in [4.78, 5) is 11.5.